The van der Waals surface area contributed by atoms with E-state index in [0.29, 0.717) is 12.1 Å². The van der Waals surface area contributed by atoms with Crippen LogP contribution in [0.3, 0.4) is 0 Å². The van der Waals surface area contributed by atoms with Crippen LogP contribution in [-0.2, 0) is 6.54 Å². The van der Waals surface area contributed by atoms with Crippen molar-refractivity contribution in [3.8, 4) is 5.75 Å². The van der Waals surface area contributed by atoms with Gasteiger partial charge in [0.15, 0.2) is 0 Å². The molecule has 0 saturated carbocycles. The van der Waals surface area contributed by atoms with Gasteiger partial charge in [-0.1, -0.05) is 30.3 Å². The largest absolute Gasteiger partial charge is 0.495 e. The average molecular weight is 432 g/mol. The van der Waals surface area contributed by atoms with E-state index in [4.69, 9.17) is 9.72 Å². The fraction of sp³-hybridized carbons (Fsp3) is 0.360. The summed E-state index contributed by atoms with van der Waals surface area (Å²) in [4.78, 5) is 26.0. The molecular formula is C25H29N5O2. The molecule has 1 fully saturated rings. The normalized spacial score (nSPS) is 15.0. The van der Waals surface area contributed by atoms with E-state index in [-0.39, 0.29) is 5.56 Å². The maximum atomic E-state index is 13.1. The molecule has 1 saturated heterocycles. The third-order valence-electron chi connectivity index (χ3n) is 6.46. The molecule has 32 heavy (non-hydrogen) atoms. The third kappa shape index (κ3) is 3.73. The number of fused-ring (bicyclic) bond motifs is 3. The number of H-pyrrole nitrogens is 1. The fourth-order valence-electron chi connectivity index (χ4n) is 4.72. The molecule has 7 nitrogen and oxygen atoms in total. The molecule has 1 aliphatic rings. The second-order valence-corrected chi connectivity index (χ2v) is 8.36. The number of piperazine rings is 1. The van der Waals surface area contributed by atoms with Gasteiger partial charge in [0.2, 0.25) is 0 Å². The smallest absolute Gasteiger partial charge is 0.277 e. The van der Waals surface area contributed by atoms with Crippen LogP contribution in [0, 0.1) is 6.92 Å². The topological polar surface area (TPSA) is 66.4 Å². The van der Waals surface area contributed by atoms with Crippen LogP contribution >= 0.6 is 0 Å². The second kappa shape index (κ2) is 8.67. The molecule has 1 aliphatic heterocycles. The standard InChI is InChI=1S/C25H29N5O2/c1-18-26-23-19-8-3-4-9-20(19)27-24(23)25(31)30(18)13-7-12-28-14-16-29(17-15-28)21-10-5-6-11-22(21)32-2/h3-6,8-11,27H,7,12-17H2,1-2H3. The summed E-state index contributed by atoms with van der Waals surface area (Å²) < 4.78 is 7.32. The van der Waals surface area contributed by atoms with Gasteiger partial charge in [-0.15, -0.1) is 0 Å². The summed E-state index contributed by atoms with van der Waals surface area (Å²) in [6, 6.07) is 16.1. The van der Waals surface area contributed by atoms with Crippen LogP contribution in [0.2, 0.25) is 0 Å². The van der Waals surface area contributed by atoms with Crippen molar-refractivity contribution in [3.05, 3.63) is 64.7 Å². The molecule has 2 aromatic heterocycles. The summed E-state index contributed by atoms with van der Waals surface area (Å²) in [5.74, 6) is 1.70. The number of nitrogens with one attached hydrogen (secondary N) is 1. The molecule has 0 radical (unpaired) electrons. The number of aromatic amines is 1. The van der Waals surface area contributed by atoms with Crippen molar-refractivity contribution < 1.29 is 4.74 Å². The first kappa shape index (κ1) is 20.6. The van der Waals surface area contributed by atoms with E-state index in [1.165, 1.54) is 0 Å². The first-order valence-electron chi connectivity index (χ1n) is 11.2. The lowest BCUT2D eigenvalue weighted by atomic mass is 10.2. The lowest BCUT2D eigenvalue weighted by molar-refractivity contribution is 0.249. The van der Waals surface area contributed by atoms with Crippen molar-refractivity contribution in [1.82, 2.24) is 19.4 Å². The van der Waals surface area contributed by atoms with E-state index in [9.17, 15) is 4.79 Å². The molecule has 0 spiro atoms. The highest BCUT2D eigenvalue weighted by molar-refractivity contribution is 6.04. The maximum Gasteiger partial charge on any atom is 0.277 e. The first-order valence-corrected chi connectivity index (χ1v) is 11.2. The van der Waals surface area contributed by atoms with E-state index in [0.717, 1.165) is 72.8 Å². The summed E-state index contributed by atoms with van der Waals surface area (Å²) in [6.45, 7) is 7.53. The number of nitrogens with zero attached hydrogens (tertiary/aromatic N) is 4. The van der Waals surface area contributed by atoms with E-state index in [1.807, 2.05) is 47.9 Å². The Morgan fingerprint density at radius 1 is 1.00 bits per heavy atom. The Labute approximate surface area is 187 Å². The molecule has 2 aromatic carbocycles. The summed E-state index contributed by atoms with van der Waals surface area (Å²) >= 11 is 0. The number of aromatic nitrogens is 3. The van der Waals surface area contributed by atoms with Crippen LogP contribution in [-0.4, -0.2) is 59.3 Å². The molecule has 0 bridgehead atoms. The molecule has 3 heterocycles. The van der Waals surface area contributed by atoms with Gasteiger partial charge < -0.3 is 14.6 Å². The zero-order valence-corrected chi connectivity index (χ0v) is 18.7. The van der Waals surface area contributed by atoms with Crippen LogP contribution in [0.4, 0.5) is 5.69 Å². The van der Waals surface area contributed by atoms with Gasteiger partial charge in [-0.2, -0.15) is 0 Å². The Morgan fingerprint density at radius 2 is 1.75 bits per heavy atom. The van der Waals surface area contributed by atoms with Crippen molar-refractivity contribution in [1.29, 1.82) is 0 Å². The minimum Gasteiger partial charge on any atom is -0.495 e. The van der Waals surface area contributed by atoms with Gasteiger partial charge in [0, 0.05) is 43.6 Å². The number of hydrogen-bond donors (Lipinski definition) is 1. The number of methoxy groups -OCH3 is 1. The van der Waals surface area contributed by atoms with Gasteiger partial charge in [-0.05, 0) is 38.1 Å². The highest BCUT2D eigenvalue weighted by atomic mass is 16.5. The lowest BCUT2D eigenvalue weighted by Crippen LogP contribution is -2.47. The SMILES string of the molecule is COc1ccccc1N1CCN(CCCn2c(C)nc3c([nH]c4ccccc43)c2=O)CC1. The minimum absolute atomic E-state index is 0.0182. The van der Waals surface area contributed by atoms with E-state index < -0.39 is 0 Å². The van der Waals surface area contributed by atoms with Crippen molar-refractivity contribution in [2.24, 2.45) is 0 Å². The number of benzene rings is 2. The predicted octanol–water partition coefficient (Wildman–Crippen LogP) is 3.41. The predicted molar refractivity (Wildman–Crippen MR) is 129 cm³/mol. The molecule has 7 heteroatoms. The number of rotatable bonds is 6. The van der Waals surface area contributed by atoms with Gasteiger partial charge in [0.1, 0.15) is 22.6 Å². The molecule has 1 N–H and O–H groups in total. The number of ether oxygens (including phenoxy) is 1. The number of hydrogen-bond acceptors (Lipinski definition) is 5. The van der Waals surface area contributed by atoms with Crippen LogP contribution < -0.4 is 15.2 Å². The Morgan fingerprint density at radius 3 is 2.56 bits per heavy atom. The first-order chi connectivity index (χ1) is 15.7. The highest BCUT2D eigenvalue weighted by Gasteiger charge is 2.19. The molecule has 166 valence electrons. The molecule has 5 rings (SSSR count). The molecular weight excluding hydrogens is 402 g/mol. The summed E-state index contributed by atoms with van der Waals surface area (Å²) in [6.07, 6.45) is 0.919. The average Bonchev–Trinajstić information content (AvgIpc) is 3.20. The monoisotopic (exact) mass is 431 g/mol. The van der Waals surface area contributed by atoms with Crippen molar-refractivity contribution in [2.45, 2.75) is 19.9 Å². The number of aryl methyl sites for hydroxylation is 1. The molecule has 0 amide bonds. The van der Waals surface area contributed by atoms with Crippen LogP contribution in [0.1, 0.15) is 12.2 Å². The lowest BCUT2D eigenvalue weighted by Gasteiger charge is -2.36. The second-order valence-electron chi connectivity index (χ2n) is 8.36. The Kier molecular flexibility index (Phi) is 5.57. The Hall–Kier alpha value is -3.32. The van der Waals surface area contributed by atoms with E-state index >= 15 is 0 Å². The van der Waals surface area contributed by atoms with Gasteiger partial charge >= 0.3 is 0 Å². The van der Waals surface area contributed by atoms with Crippen molar-refractivity contribution in [3.63, 3.8) is 0 Å². The summed E-state index contributed by atoms with van der Waals surface area (Å²) in [7, 11) is 1.72. The molecule has 4 aromatic rings. The Balaban J connectivity index is 1.23. The molecule has 0 atom stereocenters. The van der Waals surface area contributed by atoms with Crippen molar-refractivity contribution >= 4 is 27.6 Å². The maximum absolute atomic E-state index is 13.1. The van der Waals surface area contributed by atoms with Gasteiger partial charge in [0.05, 0.1) is 12.8 Å². The number of para-hydroxylation sites is 3. The van der Waals surface area contributed by atoms with Gasteiger partial charge in [-0.3, -0.25) is 14.3 Å². The van der Waals surface area contributed by atoms with Gasteiger partial charge in [0.25, 0.3) is 5.56 Å². The van der Waals surface area contributed by atoms with Crippen molar-refractivity contribution in [2.75, 3.05) is 44.7 Å². The van der Waals surface area contributed by atoms with Crippen LogP contribution in [0.15, 0.2) is 53.3 Å². The van der Waals surface area contributed by atoms with Gasteiger partial charge in [-0.25, -0.2) is 4.98 Å². The summed E-state index contributed by atoms with van der Waals surface area (Å²) in [5, 5.41) is 1.00. The zero-order chi connectivity index (χ0) is 22.1. The fourth-order valence-corrected chi connectivity index (χ4v) is 4.72. The zero-order valence-electron chi connectivity index (χ0n) is 18.7. The number of anilines is 1. The molecule has 0 aliphatic carbocycles. The Bertz CT molecular complexity index is 1300. The third-order valence-corrected chi connectivity index (χ3v) is 6.46. The van der Waals surface area contributed by atoms with Crippen LogP contribution in [0.25, 0.3) is 21.9 Å². The minimum atomic E-state index is 0.0182. The van der Waals surface area contributed by atoms with E-state index in [2.05, 4.69) is 26.9 Å². The van der Waals surface area contributed by atoms with E-state index in [1.54, 1.807) is 7.11 Å². The quantitative estimate of drug-likeness (QED) is 0.507. The summed E-state index contributed by atoms with van der Waals surface area (Å²) in [5.41, 5.74) is 3.51. The highest BCUT2D eigenvalue weighted by Crippen LogP contribution is 2.28. The molecule has 0 unspecified atom stereocenters. The van der Waals surface area contributed by atoms with Crippen LogP contribution in [0.5, 0.6) is 5.75 Å².